The zero-order valence-electron chi connectivity index (χ0n) is 6.23. The van der Waals surface area contributed by atoms with Crippen molar-refractivity contribution in [3.63, 3.8) is 0 Å². The van der Waals surface area contributed by atoms with Gasteiger partial charge < -0.3 is 5.21 Å². The molecule has 13 heavy (non-hydrogen) atoms. The number of carbonyl (C=O) groups excluding carboxylic acids is 1. The van der Waals surface area contributed by atoms with Crippen LogP contribution in [0, 0.1) is 5.21 Å². The number of aromatic nitrogens is 2. The number of benzene rings is 1. The minimum atomic E-state index is 0.283. The van der Waals surface area contributed by atoms with Crippen LogP contribution in [0.2, 0.25) is 0 Å². The van der Waals surface area contributed by atoms with Crippen LogP contribution in [0.4, 0.5) is 0 Å². The molecule has 1 aromatic carbocycles. The molecule has 5 nitrogen and oxygen atoms in total. The summed E-state index contributed by atoms with van der Waals surface area (Å²) in [6.45, 7) is 0. The third-order valence-corrected chi connectivity index (χ3v) is 2.20. The lowest BCUT2D eigenvalue weighted by atomic mass is 10.2. The van der Waals surface area contributed by atoms with E-state index >= 15 is 0 Å². The van der Waals surface area contributed by atoms with Crippen LogP contribution in [0.25, 0.3) is 11.0 Å². The summed E-state index contributed by atoms with van der Waals surface area (Å²) in [7, 11) is 0. The zero-order valence-corrected chi connectivity index (χ0v) is 7.82. The normalized spacial score (nSPS) is 10.5. The molecule has 0 fully saturated rings. The summed E-state index contributed by atoms with van der Waals surface area (Å²) in [5.41, 5.74) is 1.07. The van der Waals surface area contributed by atoms with Crippen LogP contribution in [0.5, 0.6) is 0 Å². The first kappa shape index (κ1) is 8.18. The summed E-state index contributed by atoms with van der Waals surface area (Å²) in [4.78, 5) is 10.7. The average Bonchev–Trinajstić information content (AvgIpc) is 2.48. The van der Waals surface area contributed by atoms with Crippen LogP contribution in [0.1, 0.15) is 10.4 Å². The predicted molar refractivity (Wildman–Crippen MR) is 46.1 cm³/mol. The van der Waals surface area contributed by atoms with Crippen LogP contribution >= 0.6 is 15.9 Å². The van der Waals surface area contributed by atoms with Gasteiger partial charge in [0.2, 0.25) is 11.0 Å². The van der Waals surface area contributed by atoms with E-state index in [1.807, 2.05) is 0 Å². The largest absolute Gasteiger partial charge is 0.359 e. The molecule has 66 valence electrons. The molecule has 0 aliphatic heterocycles. The van der Waals surface area contributed by atoms with E-state index in [1.165, 1.54) is 12.1 Å². The number of fused-ring (bicyclic) bond motifs is 1. The summed E-state index contributed by atoms with van der Waals surface area (Å²) in [5.74, 6) is 0. The smallest absolute Gasteiger partial charge is 0.250 e. The molecule has 0 spiro atoms. The van der Waals surface area contributed by atoms with Gasteiger partial charge in [0.15, 0.2) is 0 Å². The van der Waals surface area contributed by atoms with E-state index in [9.17, 15) is 10.0 Å². The minimum absolute atomic E-state index is 0.283. The van der Waals surface area contributed by atoms with Crippen LogP contribution in [0.3, 0.4) is 0 Å². The number of halogens is 1. The van der Waals surface area contributed by atoms with Gasteiger partial charge in [-0.15, -0.1) is 0 Å². The number of hydrogen-bond acceptors (Lipinski definition) is 4. The molecule has 0 bridgehead atoms. The quantitative estimate of drug-likeness (QED) is 0.554. The SMILES string of the molecule is O=Cc1cc(Br)c2c(c1)no[n+]2[O-]. The second kappa shape index (κ2) is 2.81. The Morgan fingerprint density at radius 2 is 2.38 bits per heavy atom. The second-order valence-corrected chi connectivity index (χ2v) is 3.27. The Labute approximate surface area is 80.6 Å². The van der Waals surface area contributed by atoms with Crippen molar-refractivity contribution in [3.8, 4) is 0 Å². The lowest BCUT2D eigenvalue weighted by Crippen LogP contribution is -2.22. The Kier molecular flexibility index (Phi) is 1.77. The Balaban J connectivity index is 2.86. The molecule has 0 radical (unpaired) electrons. The fraction of sp³-hybridized carbons (Fsp3) is 0. The van der Waals surface area contributed by atoms with E-state index < -0.39 is 0 Å². The van der Waals surface area contributed by atoms with Crippen LogP contribution in [-0.4, -0.2) is 11.4 Å². The highest BCUT2D eigenvalue weighted by Crippen LogP contribution is 2.20. The molecule has 0 N–H and O–H groups in total. The molecule has 2 aromatic rings. The first-order chi connectivity index (χ1) is 6.22. The molecule has 0 amide bonds. The van der Waals surface area contributed by atoms with Gasteiger partial charge in [0, 0.05) is 16.8 Å². The van der Waals surface area contributed by atoms with Crippen molar-refractivity contribution < 1.29 is 14.3 Å². The maximum absolute atomic E-state index is 11.0. The first-order valence-electron chi connectivity index (χ1n) is 3.36. The summed E-state index contributed by atoms with van der Waals surface area (Å²) >= 11 is 3.14. The highest BCUT2D eigenvalue weighted by atomic mass is 79.9. The van der Waals surface area contributed by atoms with Crippen LogP contribution in [-0.2, 0) is 0 Å². The Bertz CT molecular complexity index is 480. The molecule has 0 atom stereocenters. The van der Waals surface area contributed by atoms with Crippen molar-refractivity contribution in [1.29, 1.82) is 0 Å². The van der Waals surface area contributed by atoms with Crippen LogP contribution < -0.4 is 4.90 Å². The standard InChI is InChI=1S/C7H3BrN2O3/c8-5-1-4(3-11)2-6-7(5)10(12)13-9-6/h1-3H. The molecule has 0 aliphatic carbocycles. The van der Waals surface area contributed by atoms with E-state index in [0.717, 1.165) is 0 Å². The number of nitrogens with zero attached hydrogens (tertiary/aromatic N) is 2. The van der Waals surface area contributed by atoms with Gasteiger partial charge >= 0.3 is 0 Å². The topological polar surface area (TPSA) is 70.0 Å². The summed E-state index contributed by atoms with van der Waals surface area (Å²) in [5, 5.41) is 14.4. The number of carbonyl (C=O) groups is 1. The van der Waals surface area contributed by atoms with Crippen molar-refractivity contribution >= 4 is 33.2 Å². The minimum Gasteiger partial charge on any atom is -0.359 e. The van der Waals surface area contributed by atoms with Crippen molar-refractivity contribution in [1.82, 2.24) is 5.16 Å². The molecule has 6 heteroatoms. The molecule has 0 aliphatic rings. The predicted octanol–water partition coefficient (Wildman–Crippen LogP) is 1.04. The maximum Gasteiger partial charge on any atom is 0.250 e. The maximum atomic E-state index is 11.0. The molecule has 1 aromatic heterocycles. The number of hydrogen-bond donors (Lipinski definition) is 0. The van der Waals surface area contributed by atoms with Crippen molar-refractivity contribution in [2.45, 2.75) is 0 Å². The first-order valence-corrected chi connectivity index (χ1v) is 4.16. The van der Waals surface area contributed by atoms with Gasteiger partial charge in [0.25, 0.3) is 0 Å². The number of rotatable bonds is 1. The molecule has 1 heterocycles. The second-order valence-electron chi connectivity index (χ2n) is 2.42. The van der Waals surface area contributed by atoms with E-state index in [2.05, 4.69) is 25.7 Å². The van der Waals surface area contributed by atoms with Gasteiger partial charge in [-0.05, 0) is 26.9 Å². The average molecular weight is 243 g/mol. The third-order valence-electron chi connectivity index (χ3n) is 1.60. The molecular formula is C7H3BrN2O3. The van der Waals surface area contributed by atoms with Gasteiger partial charge in [0.1, 0.15) is 6.29 Å². The Morgan fingerprint density at radius 1 is 1.62 bits per heavy atom. The van der Waals surface area contributed by atoms with Gasteiger partial charge in [0.05, 0.1) is 4.47 Å². The summed E-state index contributed by atoms with van der Waals surface area (Å²) < 4.78 is 4.85. The molecule has 0 unspecified atom stereocenters. The number of aldehydes is 1. The highest BCUT2D eigenvalue weighted by molar-refractivity contribution is 9.10. The van der Waals surface area contributed by atoms with Crippen LogP contribution in [0.15, 0.2) is 21.2 Å². The van der Waals surface area contributed by atoms with E-state index in [-0.39, 0.29) is 10.4 Å². The van der Waals surface area contributed by atoms with Gasteiger partial charge in [-0.1, -0.05) is 0 Å². The third kappa shape index (κ3) is 1.19. The van der Waals surface area contributed by atoms with Gasteiger partial charge in [-0.25, -0.2) is 0 Å². The van der Waals surface area contributed by atoms with Crippen molar-refractivity contribution in [2.24, 2.45) is 0 Å². The van der Waals surface area contributed by atoms with Crippen molar-refractivity contribution in [3.05, 3.63) is 27.4 Å². The Morgan fingerprint density at radius 3 is 3.08 bits per heavy atom. The van der Waals surface area contributed by atoms with Gasteiger partial charge in [-0.3, -0.25) is 9.42 Å². The zero-order chi connectivity index (χ0) is 9.42. The molecule has 2 rings (SSSR count). The van der Waals surface area contributed by atoms with E-state index in [0.29, 0.717) is 21.8 Å². The van der Waals surface area contributed by atoms with E-state index in [1.54, 1.807) is 0 Å². The summed E-state index contributed by atoms with van der Waals surface area (Å²) in [6.07, 6.45) is 0.675. The Hall–Kier alpha value is -1.43. The highest BCUT2D eigenvalue weighted by Gasteiger charge is 2.14. The monoisotopic (exact) mass is 242 g/mol. The lowest BCUT2D eigenvalue weighted by molar-refractivity contribution is -0.782. The van der Waals surface area contributed by atoms with Gasteiger partial charge in [-0.2, -0.15) is 0 Å². The van der Waals surface area contributed by atoms with Crippen molar-refractivity contribution in [2.75, 3.05) is 0 Å². The fourth-order valence-electron chi connectivity index (χ4n) is 1.05. The molecular weight excluding hydrogens is 240 g/mol. The fourth-order valence-corrected chi connectivity index (χ4v) is 1.66. The lowest BCUT2D eigenvalue weighted by Gasteiger charge is -1.91. The molecule has 0 saturated carbocycles. The van der Waals surface area contributed by atoms with E-state index in [4.69, 9.17) is 0 Å². The molecule has 0 saturated heterocycles. The summed E-state index contributed by atoms with van der Waals surface area (Å²) in [6, 6.07) is 3.01.